The minimum Gasteiger partial charge on any atom is -0.324 e. The first-order valence-corrected chi connectivity index (χ1v) is 5.65. The molecule has 2 N–H and O–H groups in total. The fourth-order valence-electron chi connectivity index (χ4n) is 1.65. The van der Waals surface area contributed by atoms with Gasteiger partial charge in [-0.2, -0.15) is 11.8 Å². The van der Waals surface area contributed by atoms with Crippen LogP contribution in [-0.2, 0) is 5.75 Å². The van der Waals surface area contributed by atoms with Gasteiger partial charge in [-0.15, -0.1) is 0 Å². The van der Waals surface area contributed by atoms with Crippen molar-refractivity contribution in [2.45, 2.75) is 18.2 Å². The Kier molecular flexibility index (Phi) is 2.74. The van der Waals surface area contributed by atoms with Crippen LogP contribution >= 0.6 is 11.8 Å². The van der Waals surface area contributed by atoms with Crippen molar-refractivity contribution in [1.82, 2.24) is 0 Å². The maximum absolute atomic E-state index is 13.4. The Labute approximate surface area is 85.7 Å². The van der Waals surface area contributed by atoms with Crippen molar-refractivity contribution in [2.75, 3.05) is 5.75 Å². The lowest BCUT2D eigenvalue weighted by molar-refractivity contribution is 0.565. The van der Waals surface area contributed by atoms with E-state index >= 15 is 0 Å². The van der Waals surface area contributed by atoms with Crippen molar-refractivity contribution < 1.29 is 8.78 Å². The molecule has 1 aliphatic heterocycles. The summed E-state index contributed by atoms with van der Waals surface area (Å²) in [4.78, 5) is 0. The van der Waals surface area contributed by atoms with E-state index in [0.717, 1.165) is 18.2 Å². The van der Waals surface area contributed by atoms with Crippen molar-refractivity contribution in [3.63, 3.8) is 0 Å². The molecule has 1 heterocycles. The third-order valence-electron chi connectivity index (χ3n) is 2.41. The third-order valence-corrected chi connectivity index (χ3v) is 3.43. The number of halogens is 2. The number of hydrogen-bond acceptors (Lipinski definition) is 2. The highest BCUT2D eigenvalue weighted by Gasteiger charge is 2.19. The molecule has 0 aliphatic carbocycles. The van der Waals surface area contributed by atoms with Gasteiger partial charge in [-0.25, -0.2) is 8.78 Å². The van der Waals surface area contributed by atoms with Gasteiger partial charge >= 0.3 is 0 Å². The maximum atomic E-state index is 13.4. The van der Waals surface area contributed by atoms with Crippen LogP contribution in [0.25, 0.3) is 0 Å². The van der Waals surface area contributed by atoms with Crippen LogP contribution in [0.2, 0.25) is 0 Å². The molecule has 0 amide bonds. The Morgan fingerprint density at radius 1 is 1.36 bits per heavy atom. The lowest BCUT2D eigenvalue weighted by atomic mass is 9.99. The van der Waals surface area contributed by atoms with Crippen LogP contribution in [0.3, 0.4) is 0 Å². The van der Waals surface area contributed by atoms with Crippen molar-refractivity contribution in [3.8, 4) is 0 Å². The van der Waals surface area contributed by atoms with Crippen molar-refractivity contribution in [3.05, 3.63) is 34.9 Å². The summed E-state index contributed by atoms with van der Waals surface area (Å²) in [5.74, 6) is 0.486. The van der Waals surface area contributed by atoms with E-state index in [4.69, 9.17) is 5.73 Å². The van der Waals surface area contributed by atoms with E-state index in [0.29, 0.717) is 16.9 Å². The Morgan fingerprint density at radius 3 is 2.93 bits per heavy atom. The standard InChI is InChI=1S/C10H11F2NS/c11-6-3-7-8(9(12)4-6)5-14-2-1-10(7)13/h3-4,10H,1-2,5,13H2. The Bertz CT molecular complexity index is 354. The second-order valence-corrected chi connectivity index (χ2v) is 4.51. The largest absolute Gasteiger partial charge is 0.324 e. The second kappa shape index (κ2) is 3.87. The summed E-state index contributed by atoms with van der Waals surface area (Å²) < 4.78 is 26.3. The predicted molar refractivity (Wildman–Crippen MR) is 54.1 cm³/mol. The number of nitrogens with two attached hydrogens (primary N) is 1. The van der Waals surface area contributed by atoms with Gasteiger partial charge in [0.1, 0.15) is 11.6 Å². The number of fused-ring (bicyclic) bond motifs is 1. The topological polar surface area (TPSA) is 26.0 Å². The summed E-state index contributed by atoms with van der Waals surface area (Å²) in [6.45, 7) is 0. The van der Waals surface area contributed by atoms with E-state index in [2.05, 4.69) is 0 Å². The molecule has 0 bridgehead atoms. The molecule has 0 fully saturated rings. The highest BCUT2D eigenvalue weighted by atomic mass is 32.2. The number of hydrogen-bond donors (Lipinski definition) is 1. The highest BCUT2D eigenvalue weighted by molar-refractivity contribution is 7.98. The van der Waals surface area contributed by atoms with E-state index in [1.165, 1.54) is 6.07 Å². The summed E-state index contributed by atoms with van der Waals surface area (Å²) in [5.41, 5.74) is 7.04. The molecule has 1 atom stereocenters. The van der Waals surface area contributed by atoms with Gasteiger partial charge in [0.05, 0.1) is 0 Å². The van der Waals surface area contributed by atoms with E-state index in [-0.39, 0.29) is 6.04 Å². The molecule has 1 aliphatic rings. The number of thioether (sulfide) groups is 1. The third kappa shape index (κ3) is 1.77. The van der Waals surface area contributed by atoms with E-state index in [9.17, 15) is 8.78 Å². The Morgan fingerprint density at radius 2 is 2.14 bits per heavy atom. The smallest absolute Gasteiger partial charge is 0.130 e. The molecule has 0 aromatic heterocycles. The molecule has 2 rings (SSSR count). The molecule has 14 heavy (non-hydrogen) atoms. The van der Waals surface area contributed by atoms with Crippen LogP contribution in [0.1, 0.15) is 23.6 Å². The van der Waals surface area contributed by atoms with Gasteiger partial charge in [0.25, 0.3) is 0 Å². The fourth-order valence-corrected chi connectivity index (χ4v) is 2.72. The number of rotatable bonds is 0. The zero-order chi connectivity index (χ0) is 10.1. The van der Waals surface area contributed by atoms with Gasteiger partial charge in [0.2, 0.25) is 0 Å². The van der Waals surface area contributed by atoms with Gasteiger partial charge < -0.3 is 5.73 Å². The SMILES string of the molecule is NC1CCSCc2c(F)cc(F)cc21. The zero-order valence-corrected chi connectivity index (χ0v) is 8.41. The normalized spacial score (nSPS) is 21.5. The molecule has 4 heteroatoms. The first-order chi connectivity index (χ1) is 6.68. The summed E-state index contributed by atoms with van der Waals surface area (Å²) in [7, 11) is 0. The monoisotopic (exact) mass is 215 g/mol. The summed E-state index contributed by atoms with van der Waals surface area (Å²) in [6, 6.07) is 2.05. The molecule has 76 valence electrons. The van der Waals surface area contributed by atoms with Gasteiger partial charge in [-0.05, 0) is 23.8 Å². The minimum atomic E-state index is -0.538. The predicted octanol–water partition coefficient (Wildman–Crippen LogP) is 2.60. The van der Waals surface area contributed by atoms with Crippen LogP contribution < -0.4 is 5.73 Å². The van der Waals surface area contributed by atoms with Crippen molar-refractivity contribution in [2.24, 2.45) is 5.73 Å². The molecule has 0 saturated heterocycles. The average Bonchev–Trinajstić information content (AvgIpc) is 2.29. The highest BCUT2D eigenvalue weighted by Crippen LogP contribution is 2.31. The quantitative estimate of drug-likeness (QED) is 0.720. The van der Waals surface area contributed by atoms with Crippen LogP contribution in [0.15, 0.2) is 12.1 Å². The molecular weight excluding hydrogens is 204 g/mol. The van der Waals surface area contributed by atoms with Gasteiger partial charge in [-0.3, -0.25) is 0 Å². The van der Waals surface area contributed by atoms with Crippen molar-refractivity contribution >= 4 is 11.8 Å². The van der Waals surface area contributed by atoms with Gasteiger partial charge in [-0.1, -0.05) is 0 Å². The molecule has 1 aromatic carbocycles. The summed E-state index contributed by atoms with van der Waals surface area (Å²) in [6.07, 6.45) is 0.778. The van der Waals surface area contributed by atoms with Crippen LogP contribution in [0, 0.1) is 11.6 Å². The van der Waals surface area contributed by atoms with E-state index < -0.39 is 11.6 Å². The number of benzene rings is 1. The molecule has 1 nitrogen and oxygen atoms in total. The first-order valence-electron chi connectivity index (χ1n) is 4.49. The lowest BCUT2D eigenvalue weighted by Crippen LogP contribution is -2.12. The molecule has 0 spiro atoms. The van der Waals surface area contributed by atoms with Gasteiger partial charge in [0.15, 0.2) is 0 Å². The molecule has 1 unspecified atom stereocenters. The molecule has 1 aromatic rings. The molecule has 0 saturated carbocycles. The lowest BCUT2D eigenvalue weighted by Gasteiger charge is -2.12. The van der Waals surface area contributed by atoms with Crippen molar-refractivity contribution in [1.29, 1.82) is 0 Å². The zero-order valence-electron chi connectivity index (χ0n) is 7.59. The second-order valence-electron chi connectivity index (χ2n) is 3.40. The molecule has 0 radical (unpaired) electrons. The van der Waals surface area contributed by atoms with E-state index in [1.54, 1.807) is 11.8 Å². The summed E-state index contributed by atoms with van der Waals surface area (Å²) >= 11 is 1.64. The Balaban J connectivity index is 2.53. The summed E-state index contributed by atoms with van der Waals surface area (Å²) in [5, 5.41) is 0. The minimum absolute atomic E-state index is 0.231. The Hall–Kier alpha value is -0.610. The van der Waals surface area contributed by atoms with Gasteiger partial charge in [0, 0.05) is 23.4 Å². The molecular formula is C10H11F2NS. The maximum Gasteiger partial charge on any atom is 0.130 e. The first kappa shape index (κ1) is 9.93. The van der Waals surface area contributed by atoms with Crippen LogP contribution in [0.5, 0.6) is 0 Å². The average molecular weight is 215 g/mol. The van der Waals surface area contributed by atoms with Crippen LogP contribution in [0.4, 0.5) is 8.78 Å². The van der Waals surface area contributed by atoms with Crippen LogP contribution in [-0.4, -0.2) is 5.75 Å². The van der Waals surface area contributed by atoms with E-state index in [1.807, 2.05) is 0 Å². The fraction of sp³-hybridized carbons (Fsp3) is 0.400.